The first-order valence-corrected chi connectivity index (χ1v) is 9.99. The van der Waals surface area contributed by atoms with E-state index in [0.29, 0.717) is 18.7 Å². The molecule has 2 aliphatic heterocycles. The lowest BCUT2D eigenvalue weighted by atomic mass is 10.0. The average Bonchev–Trinajstić information content (AvgIpc) is 3.41. The quantitative estimate of drug-likeness (QED) is 0.761. The number of halogens is 3. The van der Waals surface area contributed by atoms with E-state index in [1.165, 1.54) is 4.90 Å². The molecule has 1 aromatic heterocycles. The molecule has 0 aliphatic carbocycles. The summed E-state index contributed by atoms with van der Waals surface area (Å²) in [6, 6.07) is 8.02. The zero-order valence-corrected chi connectivity index (χ0v) is 16.3. The van der Waals surface area contributed by atoms with Gasteiger partial charge in [-0.25, -0.2) is 0 Å². The van der Waals surface area contributed by atoms with Gasteiger partial charge in [0, 0.05) is 39.0 Å². The van der Waals surface area contributed by atoms with Crippen molar-refractivity contribution < 1.29 is 22.8 Å². The molecule has 7 nitrogen and oxygen atoms in total. The van der Waals surface area contributed by atoms with Crippen LogP contribution in [0.15, 0.2) is 30.3 Å². The number of likely N-dealkylation sites (tertiary alicyclic amines) is 1. The topological polar surface area (TPSA) is 71.3 Å². The van der Waals surface area contributed by atoms with Crippen molar-refractivity contribution in [3.05, 3.63) is 47.5 Å². The number of carbonyl (C=O) groups excluding carboxylic acids is 2. The molecule has 0 radical (unpaired) electrons. The van der Waals surface area contributed by atoms with Crippen LogP contribution < -0.4 is 0 Å². The molecule has 1 saturated heterocycles. The first-order chi connectivity index (χ1) is 14.4. The van der Waals surface area contributed by atoms with Crippen LogP contribution in [0.25, 0.3) is 0 Å². The van der Waals surface area contributed by atoms with Gasteiger partial charge in [-0.15, -0.1) is 10.2 Å². The van der Waals surface area contributed by atoms with Crippen molar-refractivity contribution in [3.8, 4) is 0 Å². The highest BCUT2D eigenvalue weighted by molar-refractivity contribution is 5.84. The minimum atomic E-state index is -4.62. The lowest BCUT2D eigenvalue weighted by molar-refractivity contribution is -0.148. The molecule has 0 bridgehead atoms. The molecule has 0 spiro atoms. The Kier molecular flexibility index (Phi) is 5.48. The van der Waals surface area contributed by atoms with E-state index in [4.69, 9.17) is 0 Å². The Bertz CT molecular complexity index is 922. The first-order valence-electron chi connectivity index (χ1n) is 9.99. The van der Waals surface area contributed by atoms with Crippen LogP contribution in [-0.4, -0.2) is 56.0 Å². The van der Waals surface area contributed by atoms with Gasteiger partial charge in [0.1, 0.15) is 6.04 Å². The van der Waals surface area contributed by atoms with Crippen LogP contribution in [0, 0.1) is 0 Å². The highest BCUT2D eigenvalue weighted by atomic mass is 19.4. The van der Waals surface area contributed by atoms with E-state index in [2.05, 4.69) is 10.2 Å². The summed E-state index contributed by atoms with van der Waals surface area (Å²) in [5, 5.41) is 7.15. The molecule has 160 valence electrons. The van der Waals surface area contributed by atoms with Crippen molar-refractivity contribution in [2.24, 2.45) is 0 Å². The van der Waals surface area contributed by atoms with E-state index >= 15 is 0 Å². The van der Waals surface area contributed by atoms with E-state index < -0.39 is 18.0 Å². The third-order valence-corrected chi connectivity index (χ3v) is 5.60. The van der Waals surface area contributed by atoms with Gasteiger partial charge in [0.15, 0.2) is 5.82 Å². The molecular formula is C20H22F3N5O2. The molecule has 1 fully saturated rings. The zero-order chi connectivity index (χ0) is 21.3. The number of aromatic nitrogens is 3. The first kappa shape index (κ1) is 20.4. The molecule has 4 rings (SSSR count). The number of carbonyl (C=O) groups is 2. The van der Waals surface area contributed by atoms with Crippen LogP contribution in [0.5, 0.6) is 0 Å². The number of alkyl halides is 3. The highest BCUT2D eigenvalue weighted by Gasteiger charge is 2.43. The monoisotopic (exact) mass is 421 g/mol. The summed E-state index contributed by atoms with van der Waals surface area (Å²) in [6.45, 7) is 1.47. The van der Waals surface area contributed by atoms with E-state index in [0.717, 1.165) is 17.4 Å². The number of benzene rings is 1. The molecule has 1 aromatic carbocycles. The van der Waals surface area contributed by atoms with Crippen LogP contribution in [0.3, 0.4) is 0 Å². The Hall–Kier alpha value is -2.91. The van der Waals surface area contributed by atoms with Gasteiger partial charge in [-0.05, 0) is 18.4 Å². The number of amides is 2. The zero-order valence-electron chi connectivity index (χ0n) is 16.3. The van der Waals surface area contributed by atoms with E-state index in [-0.39, 0.29) is 43.6 Å². The van der Waals surface area contributed by atoms with Crippen LogP contribution >= 0.6 is 0 Å². The third kappa shape index (κ3) is 3.90. The van der Waals surface area contributed by atoms with Crippen molar-refractivity contribution in [1.82, 2.24) is 24.6 Å². The summed E-state index contributed by atoms with van der Waals surface area (Å²) in [4.78, 5) is 28.6. The Balaban J connectivity index is 1.58. The summed E-state index contributed by atoms with van der Waals surface area (Å²) in [7, 11) is 0. The van der Waals surface area contributed by atoms with Gasteiger partial charge < -0.3 is 14.4 Å². The average molecular weight is 421 g/mol. The lowest BCUT2D eigenvalue weighted by Gasteiger charge is -2.36. The maximum absolute atomic E-state index is 13.3. The number of hydrogen-bond donors (Lipinski definition) is 0. The Morgan fingerprint density at radius 1 is 0.933 bits per heavy atom. The van der Waals surface area contributed by atoms with Gasteiger partial charge in [0.05, 0.1) is 0 Å². The largest absolute Gasteiger partial charge is 0.451 e. The highest BCUT2D eigenvalue weighted by Crippen LogP contribution is 2.36. The fourth-order valence-electron chi connectivity index (χ4n) is 4.14. The maximum atomic E-state index is 13.3. The van der Waals surface area contributed by atoms with Gasteiger partial charge in [-0.1, -0.05) is 30.3 Å². The normalized spacial score (nSPS) is 19.1. The van der Waals surface area contributed by atoms with E-state index in [9.17, 15) is 22.8 Å². The van der Waals surface area contributed by atoms with Gasteiger partial charge in [-0.3, -0.25) is 9.59 Å². The predicted molar refractivity (Wildman–Crippen MR) is 100 cm³/mol. The predicted octanol–water partition coefficient (Wildman–Crippen LogP) is 2.63. The summed E-state index contributed by atoms with van der Waals surface area (Å²) in [6.07, 6.45) is -2.57. The summed E-state index contributed by atoms with van der Waals surface area (Å²) >= 11 is 0. The second-order valence-corrected chi connectivity index (χ2v) is 7.52. The maximum Gasteiger partial charge on any atom is 0.451 e. The van der Waals surface area contributed by atoms with Crippen molar-refractivity contribution >= 4 is 11.8 Å². The SMILES string of the molecule is O=C(CCC(=O)N1CCn2c(nnc2C(F)(F)F)C1c1ccccc1)N1CCCC1. The molecule has 2 amide bonds. The van der Waals surface area contributed by atoms with Gasteiger partial charge in [-0.2, -0.15) is 13.2 Å². The minimum absolute atomic E-state index is 0.0128. The second kappa shape index (κ2) is 8.08. The summed E-state index contributed by atoms with van der Waals surface area (Å²) in [5.41, 5.74) is 0.652. The molecule has 10 heteroatoms. The lowest BCUT2D eigenvalue weighted by Crippen LogP contribution is -2.44. The van der Waals surface area contributed by atoms with Crippen LogP contribution in [0.4, 0.5) is 13.2 Å². The minimum Gasteiger partial charge on any atom is -0.343 e. The Labute approximate surface area is 171 Å². The summed E-state index contributed by atoms with van der Waals surface area (Å²) in [5.74, 6) is -1.32. The molecule has 1 atom stereocenters. The second-order valence-electron chi connectivity index (χ2n) is 7.52. The van der Waals surface area contributed by atoms with Crippen molar-refractivity contribution in [2.75, 3.05) is 19.6 Å². The fourth-order valence-corrected chi connectivity index (χ4v) is 4.14. The van der Waals surface area contributed by atoms with Crippen molar-refractivity contribution in [1.29, 1.82) is 0 Å². The molecule has 1 unspecified atom stereocenters. The smallest absolute Gasteiger partial charge is 0.343 e. The number of nitrogens with zero attached hydrogens (tertiary/aromatic N) is 5. The molecular weight excluding hydrogens is 399 g/mol. The molecule has 2 aromatic rings. The number of rotatable bonds is 4. The van der Waals surface area contributed by atoms with Gasteiger partial charge in [0.25, 0.3) is 0 Å². The molecule has 3 heterocycles. The van der Waals surface area contributed by atoms with E-state index in [1.807, 2.05) is 0 Å². The van der Waals surface area contributed by atoms with Gasteiger partial charge >= 0.3 is 6.18 Å². The molecule has 0 N–H and O–H groups in total. The molecule has 2 aliphatic rings. The Morgan fingerprint density at radius 3 is 2.27 bits per heavy atom. The number of hydrogen-bond acceptors (Lipinski definition) is 4. The molecule has 0 saturated carbocycles. The van der Waals surface area contributed by atoms with Gasteiger partial charge in [0.2, 0.25) is 17.6 Å². The van der Waals surface area contributed by atoms with E-state index in [1.54, 1.807) is 35.2 Å². The fraction of sp³-hybridized carbons (Fsp3) is 0.500. The van der Waals surface area contributed by atoms with Crippen LogP contribution in [-0.2, 0) is 22.3 Å². The van der Waals surface area contributed by atoms with Crippen LogP contribution in [0.2, 0.25) is 0 Å². The van der Waals surface area contributed by atoms with Crippen molar-refractivity contribution in [2.45, 2.75) is 44.4 Å². The Morgan fingerprint density at radius 2 is 1.60 bits per heavy atom. The molecule has 30 heavy (non-hydrogen) atoms. The third-order valence-electron chi connectivity index (χ3n) is 5.60. The summed E-state index contributed by atoms with van der Waals surface area (Å²) < 4.78 is 41.0. The number of fused-ring (bicyclic) bond motifs is 1. The standard InChI is InChI=1S/C20H22F3N5O2/c21-20(22,23)19-25-24-18-17(14-6-2-1-3-7-14)27(12-13-28(18)19)16(30)9-8-15(29)26-10-4-5-11-26/h1-3,6-7,17H,4-5,8-13H2. The van der Waals surface area contributed by atoms with Crippen LogP contribution in [0.1, 0.15) is 48.9 Å². The van der Waals surface area contributed by atoms with Crippen molar-refractivity contribution in [3.63, 3.8) is 0 Å².